The summed E-state index contributed by atoms with van der Waals surface area (Å²) in [6.45, 7) is 0. The van der Waals surface area contributed by atoms with Gasteiger partial charge in [-0.2, -0.15) is 26.3 Å². The fourth-order valence-electron chi connectivity index (χ4n) is 1.47. The van der Waals surface area contributed by atoms with E-state index in [-0.39, 0.29) is 12.1 Å². The molecule has 0 radical (unpaired) electrons. The first-order valence-corrected chi connectivity index (χ1v) is 4.78. The van der Waals surface area contributed by atoms with Gasteiger partial charge in [0.1, 0.15) is 11.3 Å². The van der Waals surface area contributed by atoms with Crippen LogP contribution in [0.1, 0.15) is 22.8 Å². The van der Waals surface area contributed by atoms with Gasteiger partial charge in [0.2, 0.25) is 0 Å². The summed E-state index contributed by atoms with van der Waals surface area (Å²) in [6, 6.07) is -0.0435. The normalized spacial score (nSPS) is 14.2. The Balaban J connectivity index is 3.62. The summed E-state index contributed by atoms with van der Waals surface area (Å²) in [7, 11) is 0. The molecule has 0 bridgehead atoms. The number of aliphatic hydroxyl groups excluding tert-OH is 1. The lowest BCUT2D eigenvalue weighted by Crippen LogP contribution is -2.19. The first-order valence-electron chi connectivity index (χ1n) is 4.78. The number of rotatable bonds is 2. The molecule has 0 spiro atoms. The van der Waals surface area contributed by atoms with Crippen LogP contribution in [0.25, 0.3) is 0 Å². The number of phenolic OH excluding ortho intramolecular Hbond substituents is 1. The summed E-state index contributed by atoms with van der Waals surface area (Å²) in [5, 5.41) is 26.5. The van der Waals surface area contributed by atoms with E-state index >= 15 is 0 Å². The molecule has 3 N–H and O–H groups in total. The smallest absolute Gasteiger partial charge is 0.420 e. The van der Waals surface area contributed by atoms with Crippen molar-refractivity contribution < 1.29 is 46.5 Å². The van der Waals surface area contributed by atoms with E-state index in [9.17, 15) is 31.1 Å². The standard InChI is InChI=1S/C10H6F6O4/c11-9(12,13)4-1-3(7(18)8(19)20)2-5(17)6(4)10(14,15)16/h1-2,7,17-18H,(H,19,20). The molecule has 0 aromatic heterocycles. The number of hydrogen-bond donors (Lipinski definition) is 3. The first kappa shape index (κ1) is 16.1. The molecule has 0 saturated heterocycles. The van der Waals surface area contributed by atoms with Crippen LogP contribution in [0.5, 0.6) is 5.75 Å². The topological polar surface area (TPSA) is 77.8 Å². The number of aromatic hydroxyl groups is 1. The minimum absolute atomic E-state index is 0.122. The molecule has 1 atom stereocenters. The lowest BCUT2D eigenvalue weighted by molar-refractivity contribution is -0.163. The van der Waals surface area contributed by atoms with Crippen LogP contribution in [0, 0.1) is 0 Å². The van der Waals surface area contributed by atoms with Crippen molar-refractivity contribution in [3.05, 3.63) is 28.8 Å². The molecule has 0 amide bonds. The second kappa shape index (κ2) is 4.85. The fourth-order valence-corrected chi connectivity index (χ4v) is 1.47. The van der Waals surface area contributed by atoms with E-state index in [1.807, 2.05) is 0 Å². The molecule has 1 aromatic rings. The van der Waals surface area contributed by atoms with Crippen LogP contribution in [0.2, 0.25) is 0 Å². The summed E-state index contributed by atoms with van der Waals surface area (Å²) in [5.41, 5.74) is -5.64. The third kappa shape index (κ3) is 3.13. The number of benzene rings is 1. The number of carboxylic acid groups (broad SMARTS) is 1. The maximum absolute atomic E-state index is 12.6. The Hall–Kier alpha value is -1.97. The molecule has 0 fully saturated rings. The van der Waals surface area contributed by atoms with Gasteiger partial charge in [0.15, 0.2) is 6.10 Å². The van der Waals surface area contributed by atoms with E-state index in [4.69, 9.17) is 15.3 Å². The summed E-state index contributed by atoms with van der Waals surface area (Å²) in [5.74, 6) is -3.79. The number of hydrogen-bond acceptors (Lipinski definition) is 3. The quantitative estimate of drug-likeness (QED) is 0.734. The number of aliphatic hydroxyl groups is 1. The van der Waals surface area contributed by atoms with Gasteiger partial charge in [-0.15, -0.1) is 0 Å². The second-order valence-electron chi connectivity index (χ2n) is 3.70. The van der Waals surface area contributed by atoms with Gasteiger partial charge in [0.05, 0.1) is 5.56 Å². The molecule has 20 heavy (non-hydrogen) atoms. The van der Waals surface area contributed by atoms with Crippen molar-refractivity contribution in [1.29, 1.82) is 0 Å². The van der Waals surface area contributed by atoms with E-state index in [1.54, 1.807) is 0 Å². The largest absolute Gasteiger partial charge is 0.507 e. The number of halogens is 6. The SMILES string of the molecule is O=C(O)C(O)c1cc(O)c(C(F)(F)F)c(C(F)(F)F)c1. The molecule has 1 unspecified atom stereocenters. The zero-order valence-electron chi connectivity index (χ0n) is 9.25. The van der Waals surface area contributed by atoms with E-state index in [1.165, 1.54) is 0 Å². The zero-order valence-corrected chi connectivity index (χ0v) is 9.25. The Bertz CT molecular complexity index is 534. The van der Waals surface area contributed by atoms with E-state index in [0.717, 1.165) is 0 Å². The minimum atomic E-state index is -5.50. The lowest BCUT2D eigenvalue weighted by Gasteiger charge is -2.19. The van der Waals surface area contributed by atoms with Crippen LogP contribution in [0.4, 0.5) is 26.3 Å². The highest BCUT2D eigenvalue weighted by Gasteiger charge is 2.46. The summed E-state index contributed by atoms with van der Waals surface area (Å²) < 4.78 is 75.2. The Labute approximate surface area is 106 Å². The molecule has 0 aliphatic rings. The highest BCUT2D eigenvalue weighted by atomic mass is 19.4. The second-order valence-corrected chi connectivity index (χ2v) is 3.70. The molecule has 1 rings (SSSR count). The molecule has 0 saturated carbocycles. The number of carbonyl (C=O) groups is 1. The van der Waals surface area contributed by atoms with Gasteiger partial charge in [-0.1, -0.05) is 0 Å². The van der Waals surface area contributed by atoms with Crippen molar-refractivity contribution >= 4 is 5.97 Å². The third-order valence-corrected chi connectivity index (χ3v) is 2.28. The van der Waals surface area contributed by atoms with Gasteiger partial charge in [-0.05, 0) is 17.7 Å². The maximum Gasteiger partial charge on any atom is 0.420 e. The molecule has 10 heteroatoms. The molecule has 112 valence electrons. The van der Waals surface area contributed by atoms with Crippen LogP contribution in [-0.4, -0.2) is 21.3 Å². The van der Waals surface area contributed by atoms with Gasteiger partial charge in [0.25, 0.3) is 0 Å². The van der Waals surface area contributed by atoms with Gasteiger partial charge in [0, 0.05) is 0 Å². The van der Waals surface area contributed by atoms with Crippen molar-refractivity contribution in [1.82, 2.24) is 0 Å². The first-order chi connectivity index (χ1) is 8.85. The average molecular weight is 304 g/mol. The highest BCUT2D eigenvalue weighted by Crippen LogP contribution is 2.45. The lowest BCUT2D eigenvalue weighted by atomic mass is 9.98. The van der Waals surface area contributed by atoms with Gasteiger partial charge < -0.3 is 15.3 Å². The average Bonchev–Trinajstić information content (AvgIpc) is 2.23. The molecule has 0 heterocycles. The van der Waals surface area contributed by atoms with Crippen LogP contribution < -0.4 is 0 Å². The van der Waals surface area contributed by atoms with E-state index in [0.29, 0.717) is 0 Å². The minimum Gasteiger partial charge on any atom is -0.507 e. The molecular formula is C10H6F6O4. The number of carboxylic acids is 1. The molecule has 0 aliphatic heterocycles. The van der Waals surface area contributed by atoms with Crippen LogP contribution in [0.15, 0.2) is 12.1 Å². The van der Waals surface area contributed by atoms with Crippen LogP contribution in [-0.2, 0) is 17.1 Å². The van der Waals surface area contributed by atoms with Crippen molar-refractivity contribution in [3.63, 3.8) is 0 Å². The van der Waals surface area contributed by atoms with Crippen molar-refractivity contribution in [2.75, 3.05) is 0 Å². The third-order valence-electron chi connectivity index (χ3n) is 2.28. The van der Waals surface area contributed by atoms with Crippen molar-refractivity contribution in [2.45, 2.75) is 18.5 Å². The highest BCUT2D eigenvalue weighted by molar-refractivity contribution is 5.74. The van der Waals surface area contributed by atoms with Crippen molar-refractivity contribution in [3.8, 4) is 5.75 Å². The summed E-state index contributed by atoms with van der Waals surface area (Å²) in [4.78, 5) is 10.4. The molecule has 4 nitrogen and oxygen atoms in total. The molecular weight excluding hydrogens is 298 g/mol. The Kier molecular flexibility index (Phi) is 3.90. The Morgan fingerprint density at radius 1 is 1.05 bits per heavy atom. The fraction of sp³-hybridized carbons (Fsp3) is 0.300. The Morgan fingerprint density at radius 3 is 1.90 bits per heavy atom. The van der Waals surface area contributed by atoms with Crippen LogP contribution in [0.3, 0.4) is 0 Å². The Morgan fingerprint density at radius 2 is 1.55 bits per heavy atom. The van der Waals surface area contributed by atoms with Gasteiger partial charge >= 0.3 is 18.3 Å². The summed E-state index contributed by atoms with van der Waals surface area (Å²) >= 11 is 0. The summed E-state index contributed by atoms with van der Waals surface area (Å²) in [6.07, 6.45) is -13.5. The zero-order chi connectivity index (χ0) is 15.9. The van der Waals surface area contributed by atoms with E-state index in [2.05, 4.69) is 0 Å². The molecule has 0 aliphatic carbocycles. The van der Waals surface area contributed by atoms with E-state index < -0.39 is 46.9 Å². The number of alkyl halides is 6. The predicted octanol–water partition coefficient (Wildman–Crippen LogP) is 2.55. The van der Waals surface area contributed by atoms with Crippen LogP contribution >= 0.6 is 0 Å². The number of aliphatic carboxylic acids is 1. The van der Waals surface area contributed by atoms with Gasteiger partial charge in [-0.25, -0.2) is 4.79 Å². The predicted molar refractivity (Wildman–Crippen MR) is 50.7 cm³/mol. The van der Waals surface area contributed by atoms with Crippen molar-refractivity contribution in [2.24, 2.45) is 0 Å². The number of phenols is 1. The maximum atomic E-state index is 12.6. The van der Waals surface area contributed by atoms with Gasteiger partial charge in [-0.3, -0.25) is 0 Å². The monoisotopic (exact) mass is 304 g/mol. The molecule has 1 aromatic carbocycles.